The molecule has 0 amide bonds. The van der Waals surface area contributed by atoms with Crippen molar-refractivity contribution in [3.8, 4) is 0 Å². The Morgan fingerprint density at radius 2 is 2.20 bits per heavy atom. The molecule has 60 valence electrons. The van der Waals surface area contributed by atoms with E-state index in [4.69, 9.17) is 5.73 Å². The lowest BCUT2D eigenvalue weighted by Gasteiger charge is -2.18. The minimum absolute atomic E-state index is 0. The fourth-order valence-corrected chi connectivity index (χ4v) is 0.729. The molecule has 0 aliphatic carbocycles. The van der Waals surface area contributed by atoms with E-state index in [1.54, 1.807) is 6.08 Å². The molecule has 1 heteroatoms. The van der Waals surface area contributed by atoms with Gasteiger partial charge in [-0.25, -0.2) is 0 Å². The Labute approximate surface area is 65.1 Å². The summed E-state index contributed by atoms with van der Waals surface area (Å²) >= 11 is 0. The highest BCUT2D eigenvalue weighted by atomic mass is 14.7. The van der Waals surface area contributed by atoms with Crippen molar-refractivity contribution in [2.75, 3.05) is 0 Å². The molecule has 0 radical (unpaired) electrons. The Morgan fingerprint density at radius 3 is 2.60 bits per heavy atom. The zero-order chi connectivity index (χ0) is 8.04. The molecule has 0 aromatic rings. The van der Waals surface area contributed by atoms with E-state index in [-0.39, 0.29) is 6.97 Å². The van der Waals surface area contributed by atoms with Gasteiger partial charge in [0, 0.05) is 6.97 Å². The molecule has 0 aromatic heterocycles. The molecule has 1 atom stereocenters. The monoisotopic (exact) mass is 141 g/mol. The van der Waals surface area contributed by atoms with Gasteiger partial charge >= 0.3 is 0 Å². The first kappa shape index (κ1) is 9.44. The third-order valence-corrected chi connectivity index (χ3v) is 1.59. The Bertz CT molecular complexity index is 119. The van der Waals surface area contributed by atoms with Gasteiger partial charge in [0.2, 0.25) is 0 Å². The van der Waals surface area contributed by atoms with Crippen LogP contribution in [-0.4, -0.2) is 5.54 Å². The van der Waals surface area contributed by atoms with E-state index in [2.05, 4.69) is 13.2 Å². The molecule has 2 N–H and O–H groups in total. The zero-order valence-corrected chi connectivity index (χ0v) is 6.77. The van der Waals surface area contributed by atoms with Crippen molar-refractivity contribution >= 4 is 0 Å². The van der Waals surface area contributed by atoms with Crippen LogP contribution in [0.1, 0.15) is 27.6 Å². The van der Waals surface area contributed by atoms with Gasteiger partial charge in [-0.1, -0.05) is 12.2 Å². The second kappa shape index (κ2) is 4.29. The van der Waals surface area contributed by atoms with Gasteiger partial charge < -0.3 is 5.73 Å². The number of hydrogen-bond acceptors (Lipinski definition) is 1. The van der Waals surface area contributed by atoms with Gasteiger partial charge in [0.05, 0.1) is 0 Å². The van der Waals surface area contributed by atoms with Gasteiger partial charge in [0.1, 0.15) is 0 Å². The summed E-state index contributed by atoms with van der Waals surface area (Å²) in [5.74, 6) is 0. The van der Waals surface area contributed by atoms with Crippen LogP contribution < -0.4 is 5.73 Å². The van der Waals surface area contributed by atoms with E-state index in [0.717, 1.165) is 19.3 Å². The van der Waals surface area contributed by atoms with Gasteiger partial charge in [-0.3, -0.25) is 0 Å². The van der Waals surface area contributed by atoms with Crippen molar-refractivity contribution in [1.82, 2.24) is 0 Å². The van der Waals surface area contributed by atoms with Gasteiger partial charge in [0.25, 0.3) is 0 Å². The van der Waals surface area contributed by atoms with Crippen molar-refractivity contribution in [2.45, 2.75) is 31.7 Å². The topological polar surface area (TPSA) is 26.0 Å². The summed E-state index contributed by atoms with van der Waals surface area (Å²) in [5.41, 5.74) is 5.61. The maximum absolute atomic E-state index is 5.80. The molecule has 0 aliphatic rings. The summed E-state index contributed by atoms with van der Waals surface area (Å²) in [7, 11) is 0. The van der Waals surface area contributed by atoms with Crippen LogP contribution in [0.3, 0.4) is 0 Å². The van der Waals surface area contributed by atoms with Crippen molar-refractivity contribution in [3.63, 3.8) is 0 Å². The molecular weight excluding hydrogens is 122 g/mol. The molecule has 0 rings (SSSR count). The molecule has 0 spiro atoms. The van der Waals surface area contributed by atoms with E-state index in [9.17, 15) is 0 Å². The van der Waals surface area contributed by atoms with E-state index >= 15 is 0 Å². The van der Waals surface area contributed by atoms with Crippen molar-refractivity contribution in [2.24, 2.45) is 5.73 Å². The minimum atomic E-state index is -0.191. The second-order valence-electron chi connectivity index (χ2n) is 2.89. The number of unbranched alkanes of at least 4 members (excludes halogenated alkanes) is 1. The maximum Gasteiger partial charge on any atom is 0.0307 e. The first-order valence-corrected chi connectivity index (χ1v) is 3.66. The number of allylic oxidation sites excluding steroid dienone is 1. The van der Waals surface area contributed by atoms with Crippen molar-refractivity contribution in [3.05, 3.63) is 25.3 Å². The smallest absolute Gasteiger partial charge is 0.0307 e. The lowest BCUT2D eigenvalue weighted by atomic mass is 9.96. The lowest BCUT2D eigenvalue weighted by Crippen LogP contribution is -2.32. The summed E-state index contributed by atoms with van der Waals surface area (Å²) in [4.78, 5) is 0. The highest BCUT2D eigenvalue weighted by Gasteiger charge is 2.10. The van der Waals surface area contributed by atoms with Gasteiger partial charge in [-0.2, -0.15) is 0 Å². The lowest BCUT2D eigenvalue weighted by molar-refractivity contribution is 0.514. The quantitative estimate of drug-likeness (QED) is 0.462. The normalized spacial score (nSPS) is 15.8. The predicted octanol–water partition coefficient (Wildman–Crippen LogP) is 2.49. The third kappa shape index (κ3) is 4.33. The number of hydrogen-bond donors (Lipinski definition) is 1. The molecule has 10 heavy (non-hydrogen) atoms. The second-order valence-corrected chi connectivity index (χ2v) is 2.89. The first-order valence-electron chi connectivity index (χ1n) is 3.66. The molecule has 0 bridgehead atoms. The fourth-order valence-electron chi connectivity index (χ4n) is 0.729. The van der Waals surface area contributed by atoms with Crippen LogP contribution in [0.2, 0.25) is 0 Å². The largest absolute Gasteiger partial charge is 0.322 e. The van der Waals surface area contributed by atoms with Gasteiger partial charge in [0.15, 0.2) is 0 Å². The molecule has 0 saturated carbocycles. The summed E-state index contributed by atoms with van der Waals surface area (Å²) < 4.78 is 0. The Balaban J connectivity index is 0. The van der Waals surface area contributed by atoms with E-state index in [1.807, 2.05) is 13.0 Å². The summed E-state index contributed by atoms with van der Waals surface area (Å²) in [6.45, 7) is 9.29. The molecular formula is C9H19N. The molecule has 0 aliphatic heterocycles. The molecule has 0 aromatic carbocycles. The number of nitrogens with two attached hydrogens (primary N) is 1. The van der Waals surface area contributed by atoms with Gasteiger partial charge in [-0.15, -0.1) is 13.2 Å². The predicted molar refractivity (Wildman–Crippen MR) is 49.0 cm³/mol. The highest BCUT2D eigenvalue weighted by molar-refractivity contribution is 4.96. The fraction of sp³-hybridized carbons (Fsp3) is 0.556. The first-order chi connectivity index (χ1) is 4.62. The minimum Gasteiger partial charge on any atom is -0.322 e. The van der Waals surface area contributed by atoms with E-state index in [0.29, 0.717) is 0 Å². The molecule has 0 heterocycles. The Morgan fingerprint density at radius 1 is 1.60 bits per heavy atom. The average molecular weight is 141 g/mol. The zero-order valence-electron chi connectivity index (χ0n) is 6.77. The highest BCUT2D eigenvalue weighted by Crippen LogP contribution is 2.10. The van der Waals surface area contributed by atoms with Crippen LogP contribution in [0.25, 0.3) is 0 Å². The third-order valence-electron chi connectivity index (χ3n) is 1.59. The van der Waals surface area contributed by atoms with Crippen LogP contribution in [0, 0.1) is 0 Å². The van der Waals surface area contributed by atoms with E-state index in [1.165, 1.54) is 0 Å². The van der Waals surface area contributed by atoms with Crippen LogP contribution in [-0.2, 0) is 0 Å². The van der Waals surface area contributed by atoms with Crippen LogP contribution in [0.15, 0.2) is 25.3 Å². The standard InChI is InChI=1S/C9H17N.H2/c1-4-6-7-8-9(3,10)5-2;/h4-5H,1-2,6-8,10H2,3H3;1H/t9-;/m1./s1. The summed E-state index contributed by atoms with van der Waals surface area (Å²) in [6.07, 6.45) is 6.85. The van der Waals surface area contributed by atoms with Crippen LogP contribution >= 0.6 is 0 Å². The van der Waals surface area contributed by atoms with Crippen molar-refractivity contribution < 1.29 is 1.43 Å². The molecule has 1 nitrogen and oxygen atoms in total. The van der Waals surface area contributed by atoms with Crippen LogP contribution in [0.5, 0.6) is 0 Å². The molecule has 0 unspecified atom stereocenters. The number of rotatable bonds is 5. The Hall–Kier alpha value is -0.560. The summed E-state index contributed by atoms with van der Waals surface area (Å²) in [6, 6.07) is 0. The Kier molecular flexibility index (Phi) is 4.05. The molecule has 0 saturated heterocycles. The van der Waals surface area contributed by atoms with Crippen LogP contribution in [0.4, 0.5) is 0 Å². The SMILES string of the molecule is C=CCCC[C@](C)(N)C=C.[HH]. The summed E-state index contributed by atoms with van der Waals surface area (Å²) in [5, 5.41) is 0. The average Bonchev–Trinajstić information content (AvgIpc) is 1.89. The van der Waals surface area contributed by atoms with Gasteiger partial charge in [-0.05, 0) is 26.2 Å². The maximum atomic E-state index is 5.80. The van der Waals surface area contributed by atoms with Crippen molar-refractivity contribution in [1.29, 1.82) is 0 Å². The molecule has 0 fully saturated rings. The van der Waals surface area contributed by atoms with E-state index < -0.39 is 0 Å².